The first-order chi connectivity index (χ1) is 18.0. The first kappa shape index (κ1) is 24.7. The summed E-state index contributed by atoms with van der Waals surface area (Å²) < 4.78 is 31.6. The van der Waals surface area contributed by atoms with Gasteiger partial charge in [0.2, 0.25) is 16.0 Å². The van der Waals surface area contributed by atoms with Crippen LogP contribution in [0.4, 0.5) is 17.5 Å². The van der Waals surface area contributed by atoms with Gasteiger partial charge in [0.05, 0.1) is 11.9 Å². The Bertz CT molecular complexity index is 1560. The molecule has 6 rings (SSSR count). The van der Waals surface area contributed by atoms with Crippen molar-refractivity contribution in [1.29, 1.82) is 0 Å². The van der Waals surface area contributed by atoms with Crippen LogP contribution in [0.1, 0.15) is 43.7 Å². The first-order valence-corrected chi connectivity index (χ1v) is 14.5. The average Bonchev–Trinajstić information content (AvgIpc) is 3.46. The Morgan fingerprint density at radius 2 is 1.97 bits per heavy atom. The molecule has 2 aliphatic heterocycles. The Morgan fingerprint density at radius 1 is 1.16 bits per heavy atom. The third kappa shape index (κ3) is 4.39. The predicted octanol–water partition coefficient (Wildman–Crippen LogP) is 3.84. The standard InChI is InChI=1S/C27H30N6O4S/c1-15-9-18(5-6-20(15)21-12-19-10-17(21)14-33(19)38(4,35)36)30-26-28-8-7-22(31-26)16-11-23-24(29-13-16)32-25(34)27(2,3)37-23/h5-9,11,13,17,19,21H,10,12,14H2,1-4H3,(H,28,30,31)(H,29,32,34). The van der Waals surface area contributed by atoms with Crippen molar-refractivity contribution in [3.63, 3.8) is 0 Å². The highest BCUT2D eigenvalue weighted by Gasteiger charge is 2.48. The number of sulfonamides is 1. The largest absolute Gasteiger partial charge is 0.474 e. The summed E-state index contributed by atoms with van der Waals surface area (Å²) in [4.78, 5) is 25.5. The van der Waals surface area contributed by atoms with Crippen molar-refractivity contribution in [2.24, 2.45) is 5.92 Å². The Labute approximate surface area is 221 Å². The Hall–Kier alpha value is -3.57. The van der Waals surface area contributed by atoms with Crippen LogP contribution in [0.15, 0.2) is 42.7 Å². The summed E-state index contributed by atoms with van der Waals surface area (Å²) >= 11 is 0. The maximum absolute atomic E-state index is 12.1. The fourth-order valence-electron chi connectivity index (χ4n) is 5.91. The lowest BCUT2D eigenvalue weighted by Gasteiger charge is -2.31. The van der Waals surface area contributed by atoms with Crippen molar-refractivity contribution in [1.82, 2.24) is 19.3 Å². The maximum Gasteiger partial charge on any atom is 0.269 e. The second-order valence-corrected chi connectivity index (χ2v) is 12.9. The number of hydrogen-bond acceptors (Lipinski definition) is 8. The van der Waals surface area contributed by atoms with E-state index in [0.717, 1.165) is 29.7 Å². The minimum atomic E-state index is -3.14. The van der Waals surface area contributed by atoms with E-state index in [-0.39, 0.29) is 11.9 Å². The number of anilines is 3. The van der Waals surface area contributed by atoms with Crippen LogP contribution in [-0.2, 0) is 14.8 Å². The SMILES string of the molecule is Cc1cc(Nc2nccc(-c3cnc4c(c3)OC(C)(C)C(=O)N4)n2)ccc1C1CC2CC1CN2S(C)(=O)=O. The van der Waals surface area contributed by atoms with Gasteiger partial charge < -0.3 is 15.4 Å². The number of fused-ring (bicyclic) bond motifs is 3. The van der Waals surface area contributed by atoms with Crippen LogP contribution in [0.2, 0.25) is 0 Å². The molecule has 1 saturated carbocycles. The van der Waals surface area contributed by atoms with Crippen LogP contribution in [0, 0.1) is 12.8 Å². The molecular formula is C27H30N6O4S. The van der Waals surface area contributed by atoms with E-state index in [9.17, 15) is 13.2 Å². The molecular weight excluding hydrogens is 504 g/mol. The molecule has 2 fully saturated rings. The minimum Gasteiger partial charge on any atom is -0.474 e. The molecule has 3 atom stereocenters. The van der Waals surface area contributed by atoms with E-state index in [4.69, 9.17) is 4.74 Å². The average molecular weight is 535 g/mol. The third-order valence-corrected chi connectivity index (χ3v) is 9.09. The smallest absolute Gasteiger partial charge is 0.269 e. The van der Waals surface area contributed by atoms with Crippen LogP contribution in [0.25, 0.3) is 11.3 Å². The van der Waals surface area contributed by atoms with Gasteiger partial charge in [0.15, 0.2) is 17.2 Å². The second kappa shape index (κ2) is 8.74. The van der Waals surface area contributed by atoms with E-state index in [2.05, 4.69) is 44.6 Å². The van der Waals surface area contributed by atoms with Gasteiger partial charge in [0.25, 0.3) is 5.91 Å². The highest BCUT2D eigenvalue weighted by atomic mass is 32.2. The highest BCUT2D eigenvalue weighted by molar-refractivity contribution is 7.88. The van der Waals surface area contributed by atoms with Crippen LogP contribution in [0.5, 0.6) is 5.75 Å². The molecule has 0 radical (unpaired) electrons. The molecule has 2 N–H and O–H groups in total. The molecule has 0 spiro atoms. The lowest BCUT2D eigenvalue weighted by Crippen LogP contribution is -2.45. The van der Waals surface area contributed by atoms with Gasteiger partial charge in [0.1, 0.15) is 0 Å². The number of ether oxygens (including phenoxy) is 1. The van der Waals surface area contributed by atoms with Crippen LogP contribution in [0.3, 0.4) is 0 Å². The summed E-state index contributed by atoms with van der Waals surface area (Å²) in [6.45, 7) is 6.12. The number of aryl methyl sites for hydroxylation is 1. The summed E-state index contributed by atoms with van der Waals surface area (Å²) in [6.07, 6.45) is 6.44. The van der Waals surface area contributed by atoms with Gasteiger partial charge in [-0.1, -0.05) is 6.07 Å². The van der Waals surface area contributed by atoms with E-state index < -0.39 is 15.6 Å². The zero-order chi connectivity index (χ0) is 26.8. The Kier molecular flexibility index (Phi) is 5.69. The molecule has 198 valence electrons. The lowest BCUT2D eigenvalue weighted by atomic mass is 9.85. The Morgan fingerprint density at radius 3 is 2.68 bits per heavy atom. The van der Waals surface area contributed by atoms with E-state index in [0.29, 0.717) is 41.6 Å². The number of hydrogen-bond donors (Lipinski definition) is 2. The summed E-state index contributed by atoms with van der Waals surface area (Å²) in [5.41, 5.74) is 3.74. The van der Waals surface area contributed by atoms with Crippen molar-refractivity contribution >= 4 is 33.4 Å². The van der Waals surface area contributed by atoms with Crippen LogP contribution < -0.4 is 15.4 Å². The number of nitrogens with one attached hydrogen (secondary N) is 2. The summed E-state index contributed by atoms with van der Waals surface area (Å²) in [7, 11) is -3.14. The molecule has 11 heteroatoms. The minimum absolute atomic E-state index is 0.110. The summed E-state index contributed by atoms with van der Waals surface area (Å²) in [6, 6.07) is 9.97. The van der Waals surface area contributed by atoms with Crippen molar-refractivity contribution in [3.05, 3.63) is 53.9 Å². The van der Waals surface area contributed by atoms with Crippen LogP contribution in [-0.4, -0.2) is 58.0 Å². The van der Waals surface area contributed by atoms with Gasteiger partial charge in [-0.25, -0.2) is 23.4 Å². The molecule has 2 bridgehead atoms. The van der Waals surface area contributed by atoms with Crippen molar-refractivity contribution < 1.29 is 17.9 Å². The molecule has 1 aromatic carbocycles. The van der Waals surface area contributed by atoms with Gasteiger partial charge in [0, 0.05) is 36.2 Å². The van der Waals surface area contributed by atoms with Gasteiger partial charge in [-0.15, -0.1) is 0 Å². The third-order valence-electron chi connectivity index (χ3n) is 7.79. The van der Waals surface area contributed by atoms with Gasteiger partial charge >= 0.3 is 0 Å². The quantitative estimate of drug-likeness (QED) is 0.506. The molecule has 1 saturated heterocycles. The topological polar surface area (TPSA) is 126 Å². The molecule has 3 aromatic rings. The first-order valence-electron chi connectivity index (χ1n) is 12.7. The zero-order valence-corrected chi connectivity index (χ0v) is 22.5. The number of amides is 1. The lowest BCUT2D eigenvalue weighted by molar-refractivity contribution is -0.129. The number of nitrogens with zero attached hydrogens (tertiary/aromatic N) is 4. The molecule has 3 unspecified atom stereocenters. The fourth-order valence-corrected chi connectivity index (χ4v) is 7.09. The van der Waals surface area contributed by atoms with Gasteiger partial charge in [-0.05, 0) is 80.8 Å². The molecule has 38 heavy (non-hydrogen) atoms. The van der Waals surface area contributed by atoms with Crippen molar-refractivity contribution in [2.75, 3.05) is 23.4 Å². The summed E-state index contributed by atoms with van der Waals surface area (Å²) in [5.74, 6) is 1.83. The van der Waals surface area contributed by atoms with E-state index in [1.54, 1.807) is 36.6 Å². The predicted molar refractivity (Wildman–Crippen MR) is 144 cm³/mol. The van der Waals surface area contributed by atoms with E-state index in [1.807, 2.05) is 12.1 Å². The molecule has 10 nitrogen and oxygen atoms in total. The van der Waals surface area contributed by atoms with Crippen molar-refractivity contribution in [2.45, 2.75) is 51.2 Å². The van der Waals surface area contributed by atoms with Crippen LogP contribution >= 0.6 is 0 Å². The number of aromatic nitrogens is 3. The zero-order valence-electron chi connectivity index (χ0n) is 21.7. The summed E-state index contributed by atoms with van der Waals surface area (Å²) in [5, 5.41) is 6.07. The van der Waals surface area contributed by atoms with Crippen molar-refractivity contribution in [3.8, 4) is 17.0 Å². The molecule has 3 aliphatic rings. The van der Waals surface area contributed by atoms with E-state index >= 15 is 0 Å². The van der Waals surface area contributed by atoms with E-state index in [1.165, 1.54) is 11.8 Å². The normalized spacial score (nSPS) is 24.0. The molecule has 2 aromatic heterocycles. The Balaban J connectivity index is 1.19. The fraction of sp³-hybridized carbons (Fsp3) is 0.407. The number of rotatable bonds is 5. The maximum atomic E-state index is 12.1. The number of carbonyl (C=O) groups is 1. The number of pyridine rings is 1. The molecule has 1 aliphatic carbocycles. The van der Waals surface area contributed by atoms with Gasteiger partial charge in [-0.2, -0.15) is 4.31 Å². The number of carbonyl (C=O) groups excluding carboxylic acids is 1. The highest BCUT2D eigenvalue weighted by Crippen LogP contribution is 2.49. The molecule has 1 amide bonds. The van der Waals surface area contributed by atoms with Gasteiger partial charge in [-0.3, -0.25) is 4.79 Å². The number of benzene rings is 1. The second-order valence-electron chi connectivity index (χ2n) is 10.9. The number of piperidine rings is 1. The monoisotopic (exact) mass is 534 g/mol. The molecule has 4 heterocycles.